The van der Waals surface area contributed by atoms with Crippen molar-refractivity contribution in [1.82, 2.24) is 5.32 Å². The van der Waals surface area contributed by atoms with Crippen LogP contribution < -0.4 is 11.1 Å². The van der Waals surface area contributed by atoms with Crippen LogP contribution in [-0.4, -0.2) is 25.0 Å². The highest BCUT2D eigenvalue weighted by Crippen LogP contribution is 2.29. The molecule has 1 aromatic rings. The van der Waals surface area contributed by atoms with Crippen LogP contribution in [0.25, 0.3) is 0 Å². The first-order valence-electron chi connectivity index (χ1n) is 5.82. The molecule has 0 spiro atoms. The zero-order valence-corrected chi connectivity index (χ0v) is 10.1. The standard InChI is InChI=1S/C13H16N2O3/c1-18-13(17)11(8-5-3-2-4-6-8)15-12(16)9-7-10(9)14/h2-6,9-11H,7,14H2,1H3,(H,15,16). The van der Waals surface area contributed by atoms with E-state index < -0.39 is 12.0 Å². The Balaban J connectivity index is 2.11. The van der Waals surface area contributed by atoms with Gasteiger partial charge in [-0.15, -0.1) is 0 Å². The zero-order valence-electron chi connectivity index (χ0n) is 10.1. The molecule has 1 fully saturated rings. The van der Waals surface area contributed by atoms with Crippen molar-refractivity contribution >= 4 is 11.9 Å². The van der Waals surface area contributed by atoms with Gasteiger partial charge in [0.15, 0.2) is 6.04 Å². The van der Waals surface area contributed by atoms with Crippen LogP contribution >= 0.6 is 0 Å². The number of ether oxygens (including phenoxy) is 1. The van der Waals surface area contributed by atoms with E-state index >= 15 is 0 Å². The van der Waals surface area contributed by atoms with Crippen LogP contribution in [0.15, 0.2) is 30.3 Å². The number of carbonyl (C=O) groups excluding carboxylic acids is 2. The summed E-state index contributed by atoms with van der Waals surface area (Å²) in [4.78, 5) is 23.5. The Labute approximate surface area is 105 Å². The van der Waals surface area contributed by atoms with E-state index in [4.69, 9.17) is 10.5 Å². The quantitative estimate of drug-likeness (QED) is 0.754. The number of methoxy groups -OCH3 is 1. The second kappa shape index (κ2) is 5.18. The van der Waals surface area contributed by atoms with Crippen molar-refractivity contribution in [3.05, 3.63) is 35.9 Å². The number of carbonyl (C=O) groups is 2. The molecular weight excluding hydrogens is 232 g/mol. The van der Waals surface area contributed by atoms with Gasteiger partial charge in [-0.3, -0.25) is 4.79 Å². The lowest BCUT2D eigenvalue weighted by Crippen LogP contribution is -2.36. The summed E-state index contributed by atoms with van der Waals surface area (Å²) in [5, 5.41) is 2.68. The molecule has 96 valence electrons. The highest BCUT2D eigenvalue weighted by molar-refractivity contribution is 5.88. The van der Waals surface area contributed by atoms with Crippen molar-refractivity contribution < 1.29 is 14.3 Å². The molecule has 0 radical (unpaired) electrons. The van der Waals surface area contributed by atoms with Gasteiger partial charge in [0.2, 0.25) is 5.91 Å². The van der Waals surface area contributed by atoms with Crippen LogP contribution in [0.1, 0.15) is 18.0 Å². The molecule has 1 aromatic carbocycles. The van der Waals surface area contributed by atoms with Crippen molar-refractivity contribution in [2.45, 2.75) is 18.5 Å². The predicted octanol–water partition coefficient (Wildman–Crippen LogP) is 0.364. The maximum atomic E-state index is 11.8. The lowest BCUT2D eigenvalue weighted by Gasteiger charge is -2.16. The Bertz CT molecular complexity index is 447. The number of benzene rings is 1. The first-order valence-corrected chi connectivity index (χ1v) is 5.82. The van der Waals surface area contributed by atoms with Crippen molar-refractivity contribution in [1.29, 1.82) is 0 Å². The monoisotopic (exact) mass is 248 g/mol. The van der Waals surface area contributed by atoms with Gasteiger partial charge in [0.05, 0.1) is 13.0 Å². The molecule has 0 aromatic heterocycles. The van der Waals surface area contributed by atoms with E-state index in [0.717, 1.165) is 0 Å². The lowest BCUT2D eigenvalue weighted by atomic mass is 10.1. The molecule has 1 aliphatic carbocycles. The van der Waals surface area contributed by atoms with Gasteiger partial charge in [-0.05, 0) is 12.0 Å². The molecule has 0 saturated heterocycles. The topological polar surface area (TPSA) is 81.4 Å². The van der Waals surface area contributed by atoms with E-state index in [1.165, 1.54) is 7.11 Å². The molecule has 1 aliphatic rings. The third kappa shape index (κ3) is 2.68. The number of nitrogens with one attached hydrogen (secondary N) is 1. The summed E-state index contributed by atoms with van der Waals surface area (Å²) in [6.07, 6.45) is 0.675. The third-order valence-electron chi connectivity index (χ3n) is 3.03. The minimum Gasteiger partial charge on any atom is -0.467 e. The smallest absolute Gasteiger partial charge is 0.333 e. The predicted molar refractivity (Wildman–Crippen MR) is 65.4 cm³/mol. The van der Waals surface area contributed by atoms with Crippen LogP contribution in [-0.2, 0) is 14.3 Å². The molecule has 3 unspecified atom stereocenters. The van der Waals surface area contributed by atoms with E-state index in [0.29, 0.717) is 12.0 Å². The summed E-state index contributed by atoms with van der Waals surface area (Å²) in [5.74, 6) is -0.855. The first kappa shape index (κ1) is 12.6. The molecule has 0 aliphatic heterocycles. The summed E-state index contributed by atoms with van der Waals surface area (Å²) in [6.45, 7) is 0. The van der Waals surface area contributed by atoms with Gasteiger partial charge < -0.3 is 15.8 Å². The van der Waals surface area contributed by atoms with E-state index in [9.17, 15) is 9.59 Å². The SMILES string of the molecule is COC(=O)C(NC(=O)C1CC1N)c1ccccc1. The number of nitrogens with two attached hydrogens (primary N) is 1. The third-order valence-corrected chi connectivity index (χ3v) is 3.03. The Morgan fingerprint density at radius 2 is 2.00 bits per heavy atom. The van der Waals surface area contributed by atoms with Gasteiger partial charge in [-0.2, -0.15) is 0 Å². The molecule has 3 atom stereocenters. The lowest BCUT2D eigenvalue weighted by molar-refractivity contribution is -0.145. The normalized spacial score (nSPS) is 23.0. The molecule has 3 N–H and O–H groups in total. The van der Waals surface area contributed by atoms with Gasteiger partial charge in [-0.1, -0.05) is 30.3 Å². The van der Waals surface area contributed by atoms with Crippen LogP contribution in [0.5, 0.6) is 0 Å². The number of rotatable bonds is 4. The molecule has 2 rings (SSSR count). The van der Waals surface area contributed by atoms with Gasteiger partial charge in [-0.25, -0.2) is 4.79 Å². The van der Waals surface area contributed by atoms with Crippen molar-refractivity contribution in [3.8, 4) is 0 Å². The van der Waals surface area contributed by atoms with Crippen LogP contribution in [0, 0.1) is 5.92 Å². The van der Waals surface area contributed by atoms with Crippen molar-refractivity contribution in [2.75, 3.05) is 7.11 Å². The Morgan fingerprint density at radius 3 is 2.50 bits per heavy atom. The van der Waals surface area contributed by atoms with Crippen LogP contribution in [0.4, 0.5) is 0 Å². The second-order valence-corrected chi connectivity index (χ2v) is 4.38. The van der Waals surface area contributed by atoms with Gasteiger partial charge >= 0.3 is 5.97 Å². The fourth-order valence-electron chi connectivity index (χ4n) is 1.81. The second-order valence-electron chi connectivity index (χ2n) is 4.38. The molecule has 5 heteroatoms. The minimum absolute atomic E-state index is 0.0842. The molecule has 0 bridgehead atoms. The molecule has 1 amide bonds. The Kier molecular flexibility index (Phi) is 3.62. The largest absolute Gasteiger partial charge is 0.467 e. The molecule has 0 heterocycles. The van der Waals surface area contributed by atoms with Crippen LogP contribution in [0.3, 0.4) is 0 Å². The average molecular weight is 248 g/mol. The summed E-state index contributed by atoms with van der Waals surface area (Å²) >= 11 is 0. The highest BCUT2D eigenvalue weighted by Gasteiger charge is 2.41. The number of hydrogen-bond acceptors (Lipinski definition) is 4. The summed E-state index contributed by atoms with van der Waals surface area (Å²) < 4.78 is 4.71. The van der Waals surface area contributed by atoms with E-state index in [-0.39, 0.29) is 17.9 Å². The summed E-state index contributed by atoms with van der Waals surface area (Å²) in [6, 6.07) is 8.15. The highest BCUT2D eigenvalue weighted by atomic mass is 16.5. The van der Waals surface area contributed by atoms with Gasteiger partial charge in [0.25, 0.3) is 0 Å². The maximum absolute atomic E-state index is 11.8. The maximum Gasteiger partial charge on any atom is 0.333 e. The summed E-state index contributed by atoms with van der Waals surface area (Å²) in [7, 11) is 1.30. The van der Waals surface area contributed by atoms with Crippen molar-refractivity contribution in [2.24, 2.45) is 11.7 Å². The number of hydrogen-bond donors (Lipinski definition) is 2. The molecule has 18 heavy (non-hydrogen) atoms. The fourth-order valence-corrected chi connectivity index (χ4v) is 1.81. The Hall–Kier alpha value is -1.88. The molecule has 1 saturated carbocycles. The summed E-state index contributed by atoms with van der Waals surface area (Å²) in [5.41, 5.74) is 6.31. The minimum atomic E-state index is -0.767. The molecular formula is C13H16N2O3. The zero-order chi connectivity index (χ0) is 13.1. The fraction of sp³-hybridized carbons (Fsp3) is 0.385. The van der Waals surface area contributed by atoms with E-state index in [2.05, 4.69) is 5.32 Å². The van der Waals surface area contributed by atoms with Gasteiger partial charge in [0.1, 0.15) is 0 Å². The Morgan fingerprint density at radius 1 is 1.39 bits per heavy atom. The number of amides is 1. The van der Waals surface area contributed by atoms with E-state index in [1.807, 2.05) is 6.07 Å². The first-order chi connectivity index (χ1) is 8.63. The average Bonchev–Trinajstić information content (AvgIpc) is 3.13. The van der Waals surface area contributed by atoms with Gasteiger partial charge in [0, 0.05) is 6.04 Å². The van der Waals surface area contributed by atoms with Crippen molar-refractivity contribution in [3.63, 3.8) is 0 Å². The van der Waals surface area contributed by atoms with E-state index in [1.54, 1.807) is 24.3 Å². The van der Waals surface area contributed by atoms with Crippen LogP contribution in [0.2, 0.25) is 0 Å². The molecule has 5 nitrogen and oxygen atoms in total. The number of esters is 1.